The number of benzene rings is 1. The molecule has 1 atom stereocenters. The van der Waals surface area contributed by atoms with Crippen LogP contribution in [0.1, 0.15) is 20.3 Å². The van der Waals surface area contributed by atoms with E-state index in [9.17, 15) is 0 Å². The van der Waals surface area contributed by atoms with E-state index in [0.29, 0.717) is 19.1 Å². The fourth-order valence-corrected chi connectivity index (χ4v) is 2.07. The van der Waals surface area contributed by atoms with Gasteiger partial charge in [0.15, 0.2) is 0 Å². The molecule has 0 bridgehead atoms. The van der Waals surface area contributed by atoms with Crippen LogP contribution in [0.3, 0.4) is 0 Å². The molecule has 0 aliphatic rings. The highest BCUT2D eigenvalue weighted by Crippen LogP contribution is 2.22. The second-order valence-electron chi connectivity index (χ2n) is 4.97. The van der Waals surface area contributed by atoms with E-state index in [4.69, 9.17) is 10.00 Å². The van der Waals surface area contributed by atoms with Gasteiger partial charge >= 0.3 is 0 Å². The molecule has 0 saturated carbocycles. The van der Waals surface area contributed by atoms with Crippen LogP contribution in [0, 0.1) is 11.3 Å². The largest absolute Gasteiger partial charge is 0.491 e. The van der Waals surface area contributed by atoms with Gasteiger partial charge in [-0.15, -0.1) is 0 Å². The van der Waals surface area contributed by atoms with E-state index in [0.717, 1.165) is 16.7 Å². The molecule has 104 valence electrons. The molecule has 4 nitrogen and oxygen atoms in total. The highest BCUT2D eigenvalue weighted by molar-refractivity contribution is 5.84. The first-order valence-corrected chi connectivity index (χ1v) is 6.83. The molecule has 1 unspecified atom stereocenters. The molecule has 0 aliphatic carbocycles. The summed E-state index contributed by atoms with van der Waals surface area (Å²) in [6.45, 7) is 4.55. The van der Waals surface area contributed by atoms with Gasteiger partial charge in [-0.3, -0.25) is 10.3 Å². The van der Waals surface area contributed by atoms with Crippen molar-refractivity contribution in [1.29, 1.82) is 5.26 Å². The maximum Gasteiger partial charge on any atom is 0.145 e. The molecule has 1 aromatic carbocycles. The molecule has 0 fully saturated rings. The zero-order valence-electron chi connectivity index (χ0n) is 11.8. The number of hydrogen-bond donors (Lipinski definition) is 1. The van der Waals surface area contributed by atoms with Crippen LogP contribution in [-0.2, 0) is 0 Å². The zero-order valence-corrected chi connectivity index (χ0v) is 11.8. The van der Waals surface area contributed by atoms with Gasteiger partial charge in [-0.25, -0.2) is 0 Å². The number of hydrogen-bond acceptors (Lipinski definition) is 4. The summed E-state index contributed by atoms with van der Waals surface area (Å²) in [5, 5.41) is 13.3. The molecule has 4 heteroatoms. The monoisotopic (exact) mass is 269 g/mol. The Labute approximate surface area is 119 Å². The number of ether oxygens (including phenoxy) is 1. The summed E-state index contributed by atoms with van der Waals surface area (Å²) in [4.78, 5) is 4.34. The molecule has 1 N–H and O–H groups in total. The fraction of sp³-hybridized carbons (Fsp3) is 0.375. The number of rotatable bonds is 6. The Balaban J connectivity index is 1.98. The Kier molecular flexibility index (Phi) is 4.91. The van der Waals surface area contributed by atoms with Crippen LogP contribution in [0.5, 0.6) is 5.75 Å². The van der Waals surface area contributed by atoms with Crippen LogP contribution in [0.4, 0.5) is 0 Å². The summed E-state index contributed by atoms with van der Waals surface area (Å²) in [6.07, 6.45) is 2.41. The quantitative estimate of drug-likeness (QED) is 0.876. The van der Waals surface area contributed by atoms with Crippen LogP contribution in [-0.4, -0.2) is 23.7 Å². The highest BCUT2D eigenvalue weighted by Gasteiger charge is 2.09. The molecule has 0 saturated heterocycles. The Bertz CT molecular complexity index is 599. The number of nitrogens with zero attached hydrogens (tertiary/aromatic N) is 2. The lowest BCUT2D eigenvalue weighted by Crippen LogP contribution is -2.34. The van der Waals surface area contributed by atoms with Crippen molar-refractivity contribution in [3.8, 4) is 11.8 Å². The van der Waals surface area contributed by atoms with Gasteiger partial charge in [0.05, 0.1) is 18.7 Å². The predicted molar refractivity (Wildman–Crippen MR) is 79.5 cm³/mol. The van der Waals surface area contributed by atoms with Gasteiger partial charge in [-0.05, 0) is 26.0 Å². The maximum atomic E-state index is 9.06. The zero-order chi connectivity index (χ0) is 14.4. The Hall–Kier alpha value is -2.12. The molecule has 1 aromatic heterocycles. The van der Waals surface area contributed by atoms with Crippen molar-refractivity contribution in [1.82, 2.24) is 10.3 Å². The SMILES string of the molecule is CC(C)NC(C#N)CCOc1cccc2cccnc12. The Morgan fingerprint density at radius 1 is 1.30 bits per heavy atom. The average Bonchev–Trinajstić information content (AvgIpc) is 2.46. The van der Waals surface area contributed by atoms with Crippen LogP contribution < -0.4 is 10.1 Å². The molecule has 0 aliphatic heterocycles. The van der Waals surface area contributed by atoms with E-state index >= 15 is 0 Å². The summed E-state index contributed by atoms with van der Waals surface area (Å²) < 4.78 is 5.78. The second-order valence-corrected chi connectivity index (χ2v) is 4.97. The van der Waals surface area contributed by atoms with Gasteiger partial charge in [0.1, 0.15) is 11.3 Å². The topological polar surface area (TPSA) is 57.9 Å². The minimum absolute atomic E-state index is 0.182. The van der Waals surface area contributed by atoms with Crippen molar-refractivity contribution >= 4 is 10.9 Å². The van der Waals surface area contributed by atoms with Crippen molar-refractivity contribution in [2.24, 2.45) is 0 Å². The smallest absolute Gasteiger partial charge is 0.145 e. The third-order valence-electron chi connectivity index (χ3n) is 2.95. The first kappa shape index (κ1) is 14.3. The molecule has 1 heterocycles. The first-order valence-electron chi connectivity index (χ1n) is 6.83. The lowest BCUT2D eigenvalue weighted by atomic mass is 10.2. The van der Waals surface area contributed by atoms with Crippen LogP contribution in [0.15, 0.2) is 36.5 Å². The van der Waals surface area contributed by atoms with Gasteiger partial charge in [0.25, 0.3) is 0 Å². The van der Waals surface area contributed by atoms with E-state index in [-0.39, 0.29) is 6.04 Å². The summed E-state index contributed by atoms with van der Waals surface area (Å²) >= 11 is 0. The maximum absolute atomic E-state index is 9.06. The number of pyridine rings is 1. The van der Waals surface area contributed by atoms with Crippen LogP contribution in [0.2, 0.25) is 0 Å². The Morgan fingerprint density at radius 2 is 2.10 bits per heavy atom. The van der Waals surface area contributed by atoms with Gasteiger partial charge in [0.2, 0.25) is 0 Å². The minimum atomic E-state index is -0.182. The summed E-state index contributed by atoms with van der Waals surface area (Å²) in [6, 6.07) is 12.1. The van der Waals surface area contributed by atoms with E-state index < -0.39 is 0 Å². The van der Waals surface area contributed by atoms with Crippen molar-refractivity contribution in [3.63, 3.8) is 0 Å². The molecule has 20 heavy (non-hydrogen) atoms. The van der Waals surface area contributed by atoms with Gasteiger partial charge in [-0.1, -0.05) is 18.2 Å². The summed E-state index contributed by atoms with van der Waals surface area (Å²) in [7, 11) is 0. The third-order valence-corrected chi connectivity index (χ3v) is 2.95. The first-order chi connectivity index (χ1) is 9.70. The van der Waals surface area contributed by atoms with Gasteiger partial charge in [0, 0.05) is 24.0 Å². The number of para-hydroxylation sites is 1. The molecular weight excluding hydrogens is 250 g/mol. The van der Waals surface area contributed by atoms with Crippen molar-refractivity contribution < 1.29 is 4.74 Å². The average molecular weight is 269 g/mol. The van der Waals surface area contributed by atoms with Crippen LogP contribution >= 0.6 is 0 Å². The van der Waals surface area contributed by atoms with Crippen LogP contribution in [0.25, 0.3) is 10.9 Å². The molecule has 0 radical (unpaired) electrons. The number of nitrogens with one attached hydrogen (secondary N) is 1. The van der Waals surface area contributed by atoms with E-state index in [1.807, 2.05) is 44.2 Å². The molecule has 2 rings (SSSR count). The van der Waals surface area contributed by atoms with Gasteiger partial charge in [-0.2, -0.15) is 5.26 Å². The van der Waals surface area contributed by atoms with Crippen molar-refractivity contribution in [2.75, 3.05) is 6.61 Å². The van der Waals surface area contributed by atoms with E-state index in [2.05, 4.69) is 16.4 Å². The molecular formula is C16H19N3O. The van der Waals surface area contributed by atoms with Crippen molar-refractivity contribution in [3.05, 3.63) is 36.5 Å². The molecule has 0 amide bonds. The number of aromatic nitrogens is 1. The predicted octanol–water partition coefficient (Wildman–Crippen LogP) is 2.89. The minimum Gasteiger partial charge on any atom is -0.491 e. The summed E-state index contributed by atoms with van der Waals surface area (Å²) in [5.41, 5.74) is 0.861. The highest BCUT2D eigenvalue weighted by atomic mass is 16.5. The summed E-state index contributed by atoms with van der Waals surface area (Å²) in [5.74, 6) is 0.768. The Morgan fingerprint density at radius 3 is 2.85 bits per heavy atom. The number of fused-ring (bicyclic) bond motifs is 1. The fourth-order valence-electron chi connectivity index (χ4n) is 2.07. The molecule has 2 aromatic rings. The number of nitriles is 1. The second kappa shape index (κ2) is 6.88. The normalized spacial score (nSPS) is 12.3. The van der Waals surface area contributed by atoms with E-state index in [1.165, 1.54) is 0 Å². The van der Waals surface area contributed by atoms with Crippen molar-refractivity contribution in [2.45, 2.75) is 32.4 Å². The van der Waals surface area contributed by atoms with Gasteiger partial charge < -0.3 is 4.74 Å². The lowest BCUT2D eigenvalue weighted by Gasteiger charge is -2.15. The standard InChI is InChI=1S/C16H19N3O/c1-12(2)19-14(11-17)8-10-20-15-7-3-5-13-6-4-9-18-16(13)15/h3-7,9,12,14,19H,8,10H2,1-2H3. The van der Waals surface area contributed by atoms with E-state index in [1.54, 1.807) is 6.20 Å². The lowest BCUT2D eigenvalue weighted by molar-refractivity contribution is 0.297. The molecule has 0 spiro atoms. The third kappa shape index (κ3) is 3.69.